The third-order valence-corrected chi connectivity index (χ3v) is 5.23. The van der Waals surface area contributed by atoms with E-state index in [1.807, 2.05) is 42.5 Å². The summed E-state index contributed by atoms with van der Waals surface area (Å²) < 4.78 is 22.6. The van der Waals surface area contributed by atoms with Crippen molar-refractivity contribution in [1.82, 2.24) is 5.32 Å². The SMILES string of the molecule is NS(=O)(=O)c1ccc(NC(=O)NC(c2ccccc2)c2ccc(Cl)cc2)cc1. The van der Waals surface area contributed by atoms with Crippen molar-refractivity contribution < 1.29 is 13.2 Å². The molecular formula is C20H18ClN3O3S. The molecule has 0 aliphatic heterocycles. The summed E-state index contributed by atoms with van der Waals surface area (Å²) in [7, 11) is -3.78. The van der Waals surface area contributed by atoms with Gasteiger partial charge in [0.25, 0.3) is 0 Å². The summed E-state index contributed by atoms with van der Waals surface area (Å²) in [5.41, 5.74) is 2.22. The normalized spacial score (nSPS) is 12.2. The van der Waals surface area contributed by atoms with Crippen molar-refractivity contribution in [3.05, 3.63) is 95.0 Å². The number of sulfonamides is 1. The Labute approximate surface area is 168 Å². The Bertz CT molecular complexity index is 1050. The zero-order valence-corrected chi connectivity index (χ0v) is 16.2. The van der Waals surface area contributed by atoms with Gasteiger partial charge in [-0.25, -0.2) is 18.4 Å². The molecule has 0 aliphatic carbocycles. The lowest BCUT2D eigenvalue weighted by molar-refractivity contribution is 0.250. The number of carbonyl (C=O) groups is 1. The van der Waals surface area contributed by atoms with Crippen LogP contribution in [0.4, 0.5) is 10.5 Å². The van der Waals surface area contributed by atoms with Gasteiger partial charge in [-0.15, -0.1) is 0 Å². The van der Waals surface area contributed by atoms with Gasteiger partial charge in [0.05, 0.1) is 10.9 Å². The second kappa shape index (κ2) is 8.43. The van der Waals surface area contributed by atoms with E-state index in [-0.39, 0.29) is 10.9 Å². The molecule has 6 nitrogen and oxygen atoms in total. The van der Waals surface area contributed by atoms with Crippen molar-refractivity contribution in [1.29, 1.82) is 0 Å². The van der Waals surface area contributed by atoms with Crippen molar-refractivity contribution in [2.75, 3.05) is 5.32 Å². The van der Waals surface area contributed by atoms with Gasteiger partial charge in [0.1, 0.15) is 0 Å². The van der Waals surface area contributed by atoms with Crippen molar-refractivity contribution in [2.45, 2.75) is 10.9 Å². The quantitative estimate of drug-likeness (QED) is 0.589. The fourth-order valence-electron chi connectivity index (χ4n) is 2.69. The predicted molar refractivity (Wildman–Crippen MR) is 110 cm³/mol. The number of halogens is 1. The smallest absolute Gasteiger partial charge is 0.319 e. The first-order chi connectivity index (χ1) is 13.3. The number of anilines is 1. The molecule has 2 amide bonds. The van der Waals surface area contributed by atoms with Crippen LogP contribution in [0.5, 0.6) is 0 Å². The lowest BCUT2D eigenvalue weighted by Crippen LogP contribution is -2.33. The minimum absolute atomic E-state index is 0.0261. The minimum Gasteiger partial charge on any atom is -0.327 e. The topological polar surface area (TPSA) is 101 Å². The van der Waals surface area contributed by atoms with Gasteiger partial charge in [-0.2, -0.15) is 0 Å². The number of hydrogen-bond acceptors (Lipinski definition) is 3. The van der Waals surface area contributed by atoms with E-state index in [1.165, 1.54) is 24.3 Å². The Hall–Kier alpha value is -2.87. The van der Waals surface area contributed by atoms with Gasteiger partial charge in [0, 0.05) is 10.7 Å². The number of nitrogens with two attached hydrogens (primary N) is 1. The molecule has 3 aromatic rings. The van der Waals surface area contributed by atoms with Crippen molar-refractivity contribution in [3.8, 4) is 0 Å². The maximum Gasteiger partial charge on any atom is 0.319 e. The molecule has 4 N–H and O–H groups in total. The van der Waals surface area contributed by atoms with Gasteiger partial charge < -0.3 is 10.6 Å². The third-order valence-electron chi connectivity index (χ3n) is 4.05. The highest BCUT2D eigenvalue weighted by atomic mass is 35.5. The average molecular weight is 416 g/mol. The molecule has 0 bridgehead atoms. The first-order valence-corrected chi connectivity index (χ1v) is 10.3. The van der Waals surface area contributed by atoms with E-state index < -0.39 is 16.1 Å². The second-order valence-corrected chi connectivity index (χ2v) is 8.06. The largest absolute Gasteiger partial charge is 0.327 e. The molecule has 1 unspecified atom stereocenters. The lowest BCUT2D eigenvalue weighted by Gasteiger charge is -2.20. The second-order valence-electron chi connectivity index (χ2n) is 6.06. The van der Waals surface area contributed by atoms with Crippen LogP contribution in [-0.4, -0.2) is 14.4 Å². The number of urea groups is 1. The van der Waals surface area contributed by atoms with Gasteiger partial charge >= 0.3 is 6.03 Å². The summed E-state index contributed by atoms with van der Waals surface area (Å²) in [5.74, 6) is 0. The molecule has 0 heterocycles. The van der Waals surface area contributed by atoms with Crippen LogP contribution in [0.25, 0.3) is 0 Å². The summed E-state index contributed by atoms with van der Waals surface area (Å²) in [5, 5.41) is 11.3. The van der Waals surface area contributed by atoms with Crippen molar-refractivity contribution in [2.24, 2.45) is 5.14 Å². The zero-order chi connectivity index (χ0) is 20.1. The van der Waals surface area contributed by atoms with Crippen LogP contribution in [0.2, 0.25) is 5.02 Å². The third kappa shape index (κ3) is 5.10. The first-order valence-electron chi connectivity index (χ1n) is 8.34. The van der Waals surface area contributed by atoms with E-state index >= 15 is 0 Å². The molecule has 28 heavy (non-hydrogen) atoms. The monoisotopic (exact) mass is 415 g/mol. The van der Waals surface area contributed by atoms with E-state index in [1.54, 1.807) is 12.1 Å². The van der Waals surface area contributed by atoms with E-state index in [9.17, 15) is 13.2 Å². The number of benzene rings is 3. The fraction of sp³-hybridized carbons (Fsp3) is 0.0500. The van der Waals surface area contributed by atoms with E-state index in [4.69, 9.17) is 16.7 Å². The molecule has 0 spiro atoms. The molecule has 3 aromatic carbocycles. The van der Waals surface area contributed by atoms with Gasteiger partial charge in [-0.1, -0.05) is 54.1 Å². The molecule has 8 heteroatoms. The molecule has 0 saturated heterocycles. The van der Waals surface area contributed by atoms with Crippen LogP contribution < -0.4 is 15.8 Å². The molecule has 0 radical (unpaired) electrons. The van der Waals surface area contributed by atoms with Crippen LogP contribution in [-0.2, 0) is 10.0 Å². The Morgan fingerprint density at radius 1 is 0.857 bits per heavy atom. The Balaban J connectivity index is 1.79. The summed E-state index contributed by atoms with van der Waals surface area (Å²) in [6, 6.07) is 21.5. The molecule has 0 fully saturated rings. The number of hydrogen-bond donors (Lipinski definition) is 3. The number of primary sulfonamides is 1. The summed E-state index contributed by atoms with van der Waals surface area (Å²) >= 11 is 5.97. The summed E-state index contributed by atoms with van der Waals surface area (Å²) in [6.45, 7) is 0. The zero-order valence-electron chi connectivity index (χ0n) is 14.7. The highest BCUT2D eigenvalue weighted by Crippen LogP contribution is 2.24. The van der Waals surface area contributed by atoms with Crippen LogP contribution in [0, 0.1) is 0 Å². The predicted octanol–water partition coefficient (Wildman–Crippen LogP) is 3.90. The van der Waals surface area contributed by atoms with Gasteiger partial charge in [-0.05, 0) is 47.5 Å². The molecule has 1 atom stereocenters. The molecule has 3 rings (SSSR count). The van der Waals surface area contributed by atoms with Gasteiger partial charge in [0.2, 0.25) is 10.0 Å². The number of rotatable bonds is 5. The number of carbonyl (C=O) groups excluding carboxylic acids is 1. The lowest BCUT2D eigenvalue weighted by atomic mass is 9.99. The number of nitrogens with one attached hydrogen (secondary N) is 2. The average Bonchev–Trinajstić information content (AvgIpc) is 2.67. The van der Waals surface area contributed by atoms with Gasteiger partial charge in [-0.3, -0.25) is 0 Å². The fourth-order valence-corrected chi connectivity index (χ4v) is 3.33. The first kappa shape index (κ1) is 19.9. The van der Waals surface area contributed by atoms with Crippen LogP contribution in [0.15, 0.2) is 83.8 Å². The minimum atomic E-state index is -3.78. The van der Waals surface area contributed by atoms with E-state index in [0.29, 0.717) is 10.7 Å². The highest BCUT2D eigenvalue weighted by molar-refractivity contribution is 7.89. The van der Waals surface area contributed by atoms with Crippen molar-refractivity contribution in [3.63, 3.8) is 0 Å². The van der Waals surface area contributed by atoms with E-state index in [0.717, 1.165) is 11.1 Å². The summed E-state index contributed by atoms with van der Waals surface area (Å²) in [6.07, 6.45) is 0. The van der Waals surface area contributed by atoms with E-state index in [2.05, 4.69) is 10.6 Å². The molecule has 0 saturated carbocycles. The summed E-state index contributed by atoms with van der Waals surface area (Å²) in [4.78, 5) is 12.5. The van der Waals surface area contributed by atoms with Crippen LogP contribution >= 0.6 is 11.6 Å². The Morgan fingerprint density at radius 2 is 1.43 bits per heavy atom. The van der Waals surface area contributed by atoms with Crippen molar-refractivity contribution >= 4 is 33.3 Å². The van der Waals surface area contributed by atoms with Crippen LogP contribution in [0.3, 0.4) is 0 Å². The number of amides is 2. The maximum absolute atomic E-state index is 12.5. The van der Waals surface area contributed by atoms with Crippen LogP contribution in [0.1, 0.15) is 17.2 Å². The Kier molecular flexibility index (Phi) is 5.99. The standard InChI is InChI=1S/C20H18ClN3O3S/c21-16-8-6-15(7-9-16)19(14-4-2-1-3-5-14)24-20(25)23-17-10-12-18(13-11-17)28(22,26)27/h1-13,19H,(H2,22,26,27)(H2,23,24,25). The van der Waals surface area contributed by atoms with Gasteiger partial charge in [0.15, 0.2) is 0 Å². The maximum atomic E-state index is 12.5. The molecule has 0 aromatic heterocycles. The molecular weight excluding hydrogens is 398 g/mol. The molecule has 0 aliphatic rings. The Morgan fingerprint density at radius 3 is 2.00 bits per heavy atom. The highest BCUT2D eigenvalue weighted by Gasteiger charge is 2.17. The molecule has 144 valence electrons.